The molecule has 1 aromatic heterocycles. The molecule has 0 spiro atoms. The van der Waals surface area contributed by atoms with Crippen LogP contribution in [0.15, 0.2) is 16.3 Å². The zero-order valence-corrected chi connectivity index (χ0v) is 12.5. The molecule has 4 nitrogen and oxygen atoms in total. The maximum absolute atomic E-state index is 12.5. The first-order chi connectivity index (χ1) is 8.54. The van der Waals surface area contributed by atoms with Crippen molar-refractivity contribution in [3.8, 4) is 0 Å². The monoisotopic (exact) mass is 288 g/mol. The molecule has 6 heteroatoms. The van der Waals surface area contributed by atoms with Gasteiger partial charge < -0.3 is 5.32 Å². The molecular weight excluding hydrogens is 268 g/mol. The second kappa shape index (κ2) is 5.69. The van der Waals surface area contributed by atoms with E-state index in [4.69, 9.17) is 0 Å². The Hall–Kier alpha value is -0.430. The third-order valence-electron chi connectivity index (χ3n) is 3.25. The van der Waals surface area contributed by atoms with Crippen LogP contribution in [0.25, 0.3) is 0 Å². The summed E-state index contributed by atoms with van der Waals surface area (Å²) in [7, 11) is -3.31. The molecule has 1 aromatic rings. The molecular formula is C12H20N2O2S2. The number of likely N-dealkylation sites (N-methyl/N-ethyl adjacent to an activating group) is 1. The van der Waals surface area contributed by atoms with Crippen LogP contribution in [0.1, 0.15) is 24.6 Å². The molecule has 0 bridgehead atoms. The number of nitrogens with one attached hydrogen (secondary N) is 1. The van der Waals surface area contributed by atoms with Crippen molar-refractivity contribution in [2.75, 3.05) is 19.6 Å². The smallest absolute Gasteiger partial charge is 0.252 e. The van der Waals surface area contributed by atoms with Crippen molar-refractivity contribution in [3.05, 3.63) is 17.0 Å². The van der Waals surface area contributed by atoms with Gasteiger partial charge in [0, 0.05) is 24.0 Å². The van der Waals surface area contributed by atoms with E-state index in [2.05, 4.69) is 5.32 Å². The van der Waals surface area contributed by atoms with Gasteiger partial charge in [-0.2, -0.15) is 4.31 Å². The first-order valence-corrected chi connectivity index (χ1v) is 8.59. The van der Waals surface area contributed by atoms with E-state index < -0.39 is 10.0 Å². The molecule has 0 aliphatic carbocycles. The van der Waals surface area contributed by atoms with Gasteiger partial charge in [0.05, 0.1) is 0 Å². The van der Waals surface area contributed by atoms with Crippen LogP contribution in [-0.2, 0) is 10.0 Å². The summed E-state index contributed by atoms with van der Waals surface area (Å²) >= 11 is 1.35. The Bertz CT molecular complexity index is 490. The van der Waals surface area contributed by atoms with E-state index in [1.807, 2.05) is 19.9 Å². The minimum Gasteiger partial charge on any atom is -0.313 e. The van der Waals surface area contributed by atoms with Gasteiger partial charge in [0.25, 0.3) is 10.0 Å². The molecule has 1 N–H and O–H groups in total. The summed E-state index contributed by atoms with van der Waals surface area (Å²) in [6, 6.07) is 3.88. The number of hydrogen-bond acceptors (Lipinski definition) is 4. The minimum absolute atomic E-state index is 0.306. The van der Waals surface area contributed by atoms with Crippen molar-refractivity contribution in [2.24, 2.45) is 0 Å². The lowest BCUT2D eigenvalue weighted by atomic mass is 10.2. The Kier molecular flexibility index (Phi) is 4.42. The fraction of sp³-hybridized carbons (Fsp3) is 0.667. The summed E-state index contributed by atoms with van der Waals surface area (Å²) in [5, 5.41) is 3.35. The summed E-state index contributed by atoms with van der Waals surface area (Å²) in [5.74, 6) is 0. The van der Waals surface area contributed by atoms with E-state index in [1.165, 1.54) is 11.3 Å². The van der Waals surface area contributed by atoms with Crippen LogP contribution in [0.5, 0.6) is 0 Å². The predicted molar refractivity (Wildman–Crippen MR) is 74.5 cm³/mol. The van der Waals surface area contributed by atoms with Gasteiger partial charge in [0.2, 0.25) is 0 Å². The third-order valence-corrected chi connectivity index (χ3v) is 6.66. The number of rotatable bonds is 5. The Morgan fingerprint density at radius 3 is 2.78 bits per heavy atom. The van der Waals surface area contributed by atoms with Crippen LogP contribution >= 0.6 is 11.3 Å². The summed E-state index contributed by atoms with van der Waals surface area (Å²) in [4.78, 5) is 1.03. The van der Waals surface area contributed by atoms with E-state index >= 15 is 0 Å². The number of sulfonamides is 1. The first kappa shape index (κ1) is 14.0. The highest BCUT2D eigenvalue weighted by Crippen LogP contribution is 2.24. The predicted octanol–water partition coefficient (Wildman–Crippen LogP) is 1.82. The van der Waals surface area contributed by atoms with Crippen LogP contribution < -0.4 is 5.32 Å². The van der Waals surface area contributed by atoms with Crippen LogP contribution in [0.3, 0.4) is 0 Å². The minimum atomic E-state index is -3.31. The van der Waals surface area contributed by atoms with Gasteiger partial charge in [-0.1, -0.05) is 6.92 Å². The van der Waals surface area contributed by atoms with E-state index in [-0.39, 0.29) is 0 Å². The fourth-order valence-electron chi connectivity index (χ4n) is 2.23. The van der Waals surface area contributed by atoms with Gasteiger partial charge in [-0.05, 0) is 38.4 Å². The highest BCUT2D eigenvalue weighted by atomic mass is 32.2. The number of nitrogens with zero attached hydrogens (tertiary/aromatic N) is 1. The second-order valence-corrected chi connectivity index (χ2v) is 8.07. The maximum Gasteiger partial charge on any atom is 0.252 e. The molecule has 102 valence electrons. The molecule has 1 fully saturated rings. The summed E-state index contributed by atoms with van der Waals surface area (Å²) in [6.07, 6.45) is 2.20. The van der Waals surface area contributed by atoms with Crippen LogP contribution in [0, 0.1) is 6.92 Å². The molecule has 1 aliphatic rings. The van der Waals surface area contributed by atoms with Gasteiger partial charge in [-0.15, -0.1) is 11.3 Å². The molecule has 0 radical (unpaired) electrons. The maximum atomic E-state index is 12.5. The molecule has 0 amide bonds. The van der Waals surface area contributed by atoms with Crippen LogP contribution in [0.4, 0.5) is 0 Å². The van der Waals surface area contributed by atoms with Crippen LogP contribution in [0.2, 0.25) is 0 Å². The molecule has 1 atom stereocenters. The zero-order valence-electron chi connectivity index (χ0n) is 10.8. The number of thiophene rings is 1. The molecule has 1 saturated heterocycles. The van der Waals surface area contributed by atoms with E-state index in [0.717, 1.165) is 24.3 Å². The zero-order chi connectivity index (χ0) is 13.2. The fourth-order valence-corrected chi connectivity index (χ4v) is 5.17. The van der Waals surface area contributed by atoms with Gasteiger partial charge >= 0.3 is 0 Å². The lowest BCUT2D eigenvalue weighted by molar-refractivity contribution is 0.384. The van der Waals surface area contributed by atoms with Crippen molar-refractivity contribution in [2.45, 2.75) is 36.9 Å². The molecule has 0 aromatic carbocycles. The quantitative estimate of drug-likeness (QED) is 0.899. The molecule has 0 saturated carbocycles. The van der Waals surface area contributed by atoms with E-state index in [9.17, 15) is 8.42 Å². The first-order valence-electron chi connectivity index (χ1n) is 6.34. The average molecular weight is 288 g/mol. The topological polar surface area (TPSA) is 49.4 Å². The van der Waals surface area contributed by atoms with Crippen molar-refractivity contribution >= 4 is 21.4 Å². The van der Waals surface area contributed by atoms with Crippen LogP contribution in [-0.4, -0.2) is 38.4 Å². The van der Waals surface area contributed by atoms with Gasteiger partial charge in [-0.25, -0.2) is 8.42 Å². The number of hydrogen-bond donors (Lipinski definition) is 1. The Balaban J connectivity index is 2.15. The van der Waals surface area contributed by atoms with E-state index in [0.29, 0.717) is 23.3 Å². The van der Waals surface area contributed by atoms with Gasteiger partial charge in [0.1, 0.15) is 4.21 Å². The van der Waals surface area contributed by atoms with Crippen molar-refractivity contribution in [3.63, 3.8) is 0 Å². The highest BCUT2D eigenvalue weighted by molar-refractivity contribution is 7.91. The van der Waals surface area contributed by atoms with Gasteiger partial charge in [-0.3, -0.25) is 0 Å². The lowest BCUT2D eigenvalue weighted by Gasteiger charge is -2.23. The van der Waals surface area contributed by atoms with Crippen molar-refractivity contribution in [1.82, 2.24) is 9.62 Å². The Morgan fingerprint density at radius 2 is 2.28 bits per heavy atom. The summed E-state index contributed by atoms with van der Waals surface area (Å²) in [5.41, 5.74) is 0. The van der Waals surface area contributed by atoms with E-state index in [1.54, 1.807) is 10.4 Å². The standard InChI is InChI=1S/C12H20N2O2S2/c1-3-14(9-11-5-4-8-13-11)18(15,16)12-7-6-10(2)17-12/h6-7,11,13H,3-5,8-9H2,1-2H3. The average Bonchev–Trinajstić information content (AvgIpc) is 2.96. The highest BCUT2D eigenvalue weighted by Gasteiger charge is 2.28. The number of aryl methyl sites for hydroxylation is 1. The van der Waals surface area contributed by atoms with Crippen molar-refractivity contribution < 1.29 is 8.42 Å². The Morgan fingerprint density at radius 1 is 1.50 bits per heavy atom. The van der Waals surface area contributed by atoms with Crippen molar-refractivity contribution in [1.29, 1.82) is 0 Å². The second-order valence-electron chi connectivity index (χ2n) is 4.61. The SMILES string of the molecule is CCN(CC1CCCN1)S(=O)(=O)c1ccc(C)s1. The summed E-state index contributed by atoms with van der Waals surface area (Å²) in [6.45, 7) is 5.93. The molecule has 1 unspecified atom stereocenters. The van der Waals surface area contributed by atoms with Gasteiger partial charge in [0.15, 0.2) is 0 Å². The summed E-state index contributed by atoms with van der Waals surface area (Å²) < 4.78 is 27.0. The lowest BCUT2D eigenvalue weighted by Crippen LogP contribution is -2.40. The third kappa shape index (κ3) is 2.93. The molecule has 1 aliphatic heterocycles. The Labute approximate surface area is 113 Å². The largest absolute Gasteiger partial charge is 0.313 e. The molecule has 2 rings (SSSR count). The normalized spacial score (nSPS) is 20.7. The molecule has 18 heavy (non-hydrogen) atoms. The molecule has 2 heterocycles.